The normalized spacial score (nSPS) is 10.6. The van der Waals surface area contributed by atoms with Crippen molar-refractivity contribution in [1.82, 2.24) is 15.3 Å². The van der Waals surface area contributed by atoms with Crippen molar-refractivity contribution >= 4 is 23.2 Å². The number of nitrogens with zero attached hydrogens (tertiary/aromatic N) is 2. The molecule has 0 fully saturated rings. The van der Waals surface area contributed by atoms with Gasteiger partial charge in [-0.1, -0.05) is 41.4 Å². The van der Waals surface area contributed by atoms with E-state index in [-0.39, 0.29) is 0 Å². The van der Waals surface area contributed by atoms with Crippen molar-refractivity contribution in [2.75, 3.05) is 6.54 Å². The van der Waals surface area contributed by atoms with E-state index in [9.17, 15) is 0 Å². The zero-order valence-corrected chi connectivity index (χ0v) is 15.0. The maximum atomic E-state index is 6.18. The monoisotopic (exact) mass is 373 g/mol. The van der Waals surface area contributed by atoms with E-state index in [0.717, 1.165) is 30.6 Å². The number of aromatic nitrogens is 2. The van der Waals surface area contributed by atoms with Gasteiger partial charge in [0.15, 0.2) is 0 Å². The lowest BCUT2D eigenvalue weighted by atomic mass is 10.1. The van der Waals surface area contributed by atoms with Crippen molar-refractivity contribution in [3.8, 4) is 11.8 Å². The van der Waals surface area contributed by atoms with Crippen LogP contribution in [-0.2, 0) is 13.0 Å². The van der Waals surface area contributed by atoms with Gasteiger partial charge in [0.2, 0.25) is 0 Å². The highest BCUT2D eigenvalue weighted by Crippen LogP contribution is 2.21. The Morgan fingerprint density at radius 1 is 0.960 bits per heavy atom. The van der Waals surface area contributed by atoms with Crippen LogP contribution in [0.2, 0.25) is 10.0 Å². The largest absolute Gasteiger partial charge is 0.424 e. The highest BCUT2D eigenvalue weighted by Gasteiger charge is 2.03. The molecule has 0 aliphatic heterocycles. The summed E-state index contributed by atoms with van der Waals surface area (Å²) in [4.78, 5) is 8.11. The molecule has 3 rings (SSSR count). The minimum atomic E-state index is 0.338. The molecule has 0 amide bonds. The fourth-order valence-corrected chi connectivity index (χ4v) is 2.85. The van der Waals surface area contributed by atoms with Gasteiger partial charge >= 0.3 is 6.01 Å². The van der Waals surface area contributed by atoms with Gasteiger partial charge in [0, 0.05) is 29.0 Å². The van der Waals surface area contributed by atoms with Crippen LogP contribution in [0, 0.1) is 0 Å². The number of ether oxygens (including phenoxy) is 1. The molecule has 128 valence electrons. The third kappa shape index (κ3) is 5.43. The molecule has 25 heavy (non-hydrogen) atoms. The minimum Gasteiger partial charge on any atom is -0.424 e. The van der Waals surface area contributed by atoms with Crippen LogP contribution in [0.15, 0.2) is 60.9 Å². The molecule has 1 aromatic heterocycles. The second-order valence-electron chi connectivity index (χ2n) is 5.44. The average Bonchev–Trinajstić information content (AvgIpc) is 2.61. The van der Waals surface area contributed by atoms with Crippen molar-refractivity contribution in [2.24, 2.45) is 0 Å². The Labute approximate surface area is 156 Å². The molecule has 3 aromatic rings. The quantitative estimate of drug-likeness (QED) is 0.597. The van der Waals surface area contributed by atoms with Crippen LogP contribution in [-0.4, -0.2) is 16.5 Å². The summed E-state index contributed by atoms with van der Waals surface area (Å²) in [6.45, 7) is 1.55. The molecular weight excluding hydrogens is 357 g/mol. The number of rotatable bonds is 7. The maximum Gasteiger partial charge on any atom is 0.321 e. The van der Waals surface area contributed by atoms with Crippen LogP contribution in [0.1, 0.15) is 11.1 Å². The topological polar surface area (TPSA) is 47.0 Å². The Morgan fingerprint density at radius 3 is 2.60 bits per heavy atom. The Hall–Kier alpha value is -2.14. The molecule has 0 saturated carbocycles. The van der Waals surface area contributed by atoms with Gasteiger partial charge in [-0.3, -0.25) is 0 Å². The molecule has 4 nitrogen and oxygen atoms in total. The Morgan fingerprint density at radius 2 is 1.80 bits per heavy atom. The lowest BCUT2D eigenvalue weighted by molar-refractivity contribution is 0.441. The summed E-state index contributed by atoms with van der Waals surface area (Å²) < 4.78 is 5.64. The fourth-order valence-electron chi connectivity index (χ4n) is 2.34. The molecule has 0 unspecified atom stereocenters. The number of benzene rings is 2. The van der Waals surface area contributed by atoms with E-state index >= 15 is 0 Å². The summed E-state index contributed by atoms with van der Waals surface area (Å²) in [6, 6.07) is 15.5. The van der Waals surface area contributed by atoms with Crippen molar-refractivity contribution in [1.29, 1.82) is 0 Å². The Balaban J connectivity index is 1.51. The maximum absolute atomic E-state index is 6.18. The van der Waals surface area contributed by atoms with Crippen molar-refractivity contribution in [3.05, 3.63) is 82.1 Å². The van der Waals surface area contributed by atoms with E-state index in [1.165, 1.54) is 0 Å². The van der Waals surface area contributed by atoms with Gasteiger partial charge in [0.05, 0.1) is 0 Å². The van der Waals surface area contributed by atoms with Crippen LogP contribution in [0.5, 0.6) is 11.8 Å². The second kappa shape index (κ2) is 8.81. The van der Waals surface area contributed by atoms with E-state index in [1.54, 1.807) is 24.5 Å². The molecule has 6 heteroatoms. The SMILES string of the molecule is Clc1ccc(CCNCc2cccc(Oc3ncccn3)c2)c(Cl)c1. The molecule has 0 spiro atoms. The highest BCUT2D eigenvalue weighted by atomic mass is 35.5. The molecule has 0 bridgehead atoms. The Bertz CT molecular complexity index is 828. The van der Waals surface area contributed by atoms with Gasteiger partial charge < -0.3 is 10.1 Å². The van der Waals surface area contributed by atoms with Crippen molar-refractivity contribution in [3.63, 3.8) is 0 Å². The fraction of sp³-hybridized carbons (Fsp3) is 0.158. The van der Waals surface area contributed by atoms with Gasteiger partial charge in [-0.05, 0) is 54.4 Å². The third-order valence-electron chi connectivity index (χ3n) is 3.57. The molecule has 1 heterocycles. The summed E-state index contributed by atoms with van der Waals surface area (Å²) in [7, 11) is 0. The van der Waals surface area contributed by atoms with Crippen molar-refractivity contribution in [2.45, 2.75) is 13.0 Å². The van der Waals surface area contributed by atoms with Crippen LogP contribution < -0.4 is 10.1 Å². The van der Waals surface area contributed by atoms with E-state index in [2.05, 4.69) is 15.3 Å². The Kier molecular flexibility index (Phi) is 6.23. The van der Waals surface area contributed by atoms with Gasteiger partial charge in [-0.2, -0.15) is 0 Å². The zero-order valence-electron chi connectivity index (χ0n) is 13.5. The summed E-state index contributed by atoms with van der Waals surface area (Å²) in [5, 5.41) is 4.76. The molecule has 0 saturated heterocycles. The first-order valence-electron chi connectivity index (χ1n) is 7.89. The summed E-state index contributed by atoms with van der Waals surface area (Å²) in [6.07, 6.45) is 4.13. The summed E-state index contributed by atoms with van der Waals surface area (Å²) in [5.41, 5.74) is 2.20. The van der Waals surface area contributed by atoms with E-state index in [1.807, 2.05) is 36.4 Å². The van der Waals surface area contributed by atoms with Gasteiger partial charge in [-0.15, -0.1) is 0 Å². The molecule has 0 radical (unpaired) electrons. The number of nitrogens with one attached hydrogen (secondary N) is 1. The average molecular weight is 374 g/mol. The van der Waals surface area contributed by atoms with Crippen molar-refractivity contribution < 1.29 is 4.74 Å². The van der Waals surface area contributed by atoms with E-state index in [0.29, 0.717) is 21.8 Å². The molecule has 0 aliphatic carbocycles. The minimum absolute atomic E-state index is 0.338. The van der Waals surface area contributed by atoms with Gasteiger partial charge in [-0.25, -0.2) is 9.97 Å². The predicted molar refractivity (Wildman–Crippen MR) is 100 cm³/mol. The standard InChI is InChI=1S/C19H17Cl2N3O/c20-16-6-5-15(18(21)12-16)7-10-22-13-14-3-1-4-17(11-14)25-19-23-8-2-9-24-19/h1-6,8-9,11-12,22H,7,10,13H2. The first kappa shape index (κ1) is 17.7. The first-order valence-corrected chi connectivity index (χ1v) is 8.65. The summed E-state index contributed by atoms with van der Waals surface area (Å²) >= 11 is 12.1. The van der Waals surface area contributed by atoms with Crippen LogP contribution in [0.25, 0.3) is 0 Å². The van der Waals surface area contributed by atoms with Gasteiger partial charge in [0.1, 0.15) is 5.75 Å². The first-order chi connectivity index (χ1) is 12.2. The van der Waals surface area contributed by atoms with Gasteiger partial charge in [0.25, 0.3) is 0 Å². The van der Waals surface area contributed by atoms with Crippen LogP contribution >= 0.6 is 23.2 Å². The summed E-state index contributed by atoms with van der Waals surface area (Å²) in [5.74, 6) is 0.714. The van der Waals surface area contributed by atoms with E-state index < -0.39 is 0 Å². The third-order valence-corrected chi connectivity index (χ3v) is 4.15. The van der Waals surface area contributed by atoms with Crippen LogP contribution in [0.3, 0.4) is 0 Å². The molecule has 0 atom stereocenters. The molecule has 0 aliphatic rings. The zero-order chi connectivity index (χ0) is 17.5. The molecular formula is C19H17Cl2N3O. The number of halogens is 2. The highest BCUT2D eigenvalue weighted by molar-refractivity contribution is 6.35. The lowest BCUT2D eigenvalue weighted by Gasteiger charge is -2.08. The lowest BCUT2D eigenvalue weighted by Crippen LogP contribution is -2.16. The predicted octanol–water partition coefficient (Wildman–Crippen LogP) is 4.91. The number of hydrogen-bond donors (Lipinski definition) is 1. The number of hydrogen-bond acceptors (Lipinski definition) is 4. The van der Waals surface area contributed by atoms with Crippen LogP contribution in [0.4, 0.5) is 0 Å². The smallest absolute Gasteiger partial charge is 0.321 e. The molecule has 1 N–H and O–H groups in total. The molecule has 2 aromatic carbocycles. The second-order valence-corrected chi connectivity index (χ2v) is 6.29. The van der Waals surface area contributed by atoms with E-state index in [4.69, 9.17) is 27.9 Å².